The van der Waals surface area contributed by atoms with Crippen LogP contribution in [0.15, 0.2) is 22.7 Å². The molecule has 2 nitrogen and oxygen atoms in total. The highest BCUT2D eigenvalue weighted by Gasteiger charge is 2.35. The van der Waals surface area contributed by atoms with Crippen LogP contribution in [0.2, 0.25) is 5.02 Å². The van der Waals surface area contributed by atoms with Gasteiger partial charge in [0, 0.05) is 22.5 Å². The molecule has 1 aliphatic heterocycles. The molecule has 1 fully saturated rings. The van der Waals surface area contributed by atoms with E-state index in [0.717, 1.165) is 35.9 Å². The van der Waals surface area contributed by atoms with Crippen molar-refractivity contribution in [3.05, 3.63) is 33.3 Å². The summed E-state index contributed by atoms with van der Waals surface area (Å²) in [5.74, 6) is 0. The molecule has 1 aromatic rings. The average Bonchev–Trinajstić information content (AvgIpc) is 2.33. The van der Waals surface area contributed by atoms with Gasteiger partial charge in [-0.25, -0.2) is 0 Å². The van der Waals surface area contributed by atoms with Gasteiger partial charge in [-0.2, -0.15) is 0 Å². The fourth-order valence-electron chi connectivity index (χ4n) is 2.33. The maximum Gasteiger partial charge on any atom is 0.0915 e. The van der Waals surface area contributed by atoms with Crippen molar-refractivity contribution >= 4 is 27.5 Å². The maximum absolute atomic E-state index is 10.4. The van der Waals surface area contributed by atoms with E-state index in [-0.39, 0.29) is 0 Å². The Morgan fingerprint density at radius 2 is 2.28 bits per heavy atom. The number of benzene rings is 1. The standard InChI is InChI=1S/C14H18BrClO2/c1-14(6-2-3-7-18-14)13(17)8-10-4-5-11(15)9-12(10)16/h4-5,9,13,17H,2-3,6-8H2,1H3. The summed E-state index contributed by atoms with van der Waals surface area (Å²) in [7, 11) is 0. The third-order valence-electron chi connectivity index (χ3n) is 3.63. The number of aliphatic hydroxyl groups excluding tert-OH is 1. The smallest absolute Gasteiger partial charge is 0.0915 e. The Balaban J connectivity index is 2.08. The van der Waals surface area contributed by atoms with E-state index in [9.17, 15) is 5.11 Å². The third-order valence-corrected chi connectivity index (χ3v) is 4.48. The minimum absolute atomic E-state index is 0.436. The summed E-state index contributed by atoms with van der Waals surface area (Å²) in [6, 6.07) is 5.74. The van der Waals surface area contributed by atoms with Crippen LogP contribution < -0.4 is 0 Å². The van der Waals surface area contributed by atoms with E-state index < -0.39 is 11.7 Å². The molecule has 0 spiro atoms. The first-order chi connectivity index (χ1) is 8.51. The van der Waals surface area contributed by atoms with Crippen LogP contribution in [0.25, 0.3) is 0 Å². The van der Waals surface area contributed by atoms with Crippen molar-refractivity contribution < 1.29 is 9.84 Å². The molecule has 2 unspecified atom stereocenters. The van der Waals surface area contributed by atoms with Gasteiger partial charge < -0.3 is 9.84 Å². The molecule has 1 saturated heterocycles. The second kappa shape index (κ2) is 5.91. The van der Waals surface area contributed by atoms with Crippen molar-refractivity contribution in [2.45, 2.75) is 44.3 Å². The highest BCUT2D eigenvalue weighted by atomic mass is 79.9. The van der Waals surface area contributed by atoms with Crippen molar-refractivity contribution in [2.24, 2.45) is 0 Å². The molecule has 0 amide bonds. The molecule has 4 heteroatoms. The first-order valence-electron chi connectivity index (χ1n) is 6.27. The number of aliphatic hydroxyl groups is 1. The van der Waals surface area contributed by atoms with Gasteiger partial charge >= 0.3 is 0 Å². The molecule has 2 rings (SSSR count). The van der Waals surface area contributed by atoms with Gasteiger partial charge in [0.2, 0.25) is 0 Å². The average molecular weight is 334 g/mol. The van der Waals surface area contributed by atoms with Crippen LogP contribution in [-0.2, 0) is 11.2 Å². The summed E-state index contributed by atoms with van der Waals surface area (Å²) < 4.78 is 6.71. The number of halogens is 2. The van der Waals surface area contributed by atoms with Crippen molar-refractivity contribution in [1.82, 2.24) is 0 Å². The van der Waals surface area contributed by atoms with Crippen molar-refractivity contribution in [3.63, 3.8) is 0 Å². The summed E-state index contributed by atoms with van der Waals surface area (Å²) in [4.78, 5) is 0. The Labute approximate surface area is 121 Å². The fourth-order valence-corrected chi connectivity index (χ4v) is 3.08. The number of hydrogen-bond acceptors (Lipinski definition) is 2. The van der Waals surface area contributed by atoms with Gasteiger partial charge in [0.25, 0.3) is 0 Å². The topological polar surface area (TPSA) is 29.5 Å². The van der Waals surface area contributed by atoms with E-state index in [1.165, 1.54) is 0 Å². The second-order valence-electron chi connectivity index (χ2n) is 5.07. The van der Waals surface area contributed by atoms with E-state index in [4.69, 9.17) is 16.3 Å². The Bertz CT molecular complexity index is 416. The monoisotopic (exact) mass is 332 g/mol. The summed E-state index contributed by atoms with van der Waals surface area (Å²) in [6.07, 6.45) is 3.12. The Hall–Kier alpha value is -0.0900. The molecule has 0 saturated carbocycles. The molecule has 1 aliphatic rings. The number of hydrogen-bond donors (Lipinski definition) is 1. The van der Waals surface area contributed by atoms with Gasteiger partial charge in [-0.1, -0.05) is 33.6 Å². The molecule has 18 heavy (non-hydrogen) atoms. The summed E-state index contributed by atoms with van der Waals surface area (Å²) in [5, 5.41) is 11.1. The summed E-state index contributed by atoms with van der Waals surface area (Å²) in [6.45, 7) is 2.73. The van der Waals surface area contributed by atoms with Gasteiger partial charge in [0.15, 0.2) is 0 Å². The Morgan fingerprint density at radius 1 is 1.50 bits per heavy atom. The predicted octanol–water partition coefficient (Wildman–Crippen LogP) is 3.97. The largest absolute Gasteiger partial charge is 0.390 e. The third kappa shape index (κ3) is 3.27. The SMILES string of the molecule is CC1(C(O)Cc2ccc(Br)cc2Cl)CCCCO1. The second-order valence-corrected chi connectivity index (χ2v) is 6.40. The Kier molecular flexibility index (Phi) is 4.70. The molecule has 1 aromatic carbocycles. The lowest BCUT2D eigenvalue weighted by Crippen LogP contribution is -2.45. The molecular formula is C14H18BrClO2. The first-order valence-corrected chi connectivity index (χ1v) is 7.44. The molecular weight excluding hydrogens is 316 g/mol. The van der Waals surface area contributed by atoms with E-state index in [0.29, 0.717) is 11.4 Å². The lowest BCUT2D eigenvalue weighted by atomic mass is 9.87. The molecule has 0 radical (unpaired) electrons. The minimum Gasteiger partial charge on any atom is -0.390 e. The minimum atomic E-state index is -0.517. The maximum atomic E-state index is 10.4. The van der Waals surface area contributed by atoms with Gasteiger partial charge in [0.1, 0.15) is 0 Å². The molecule has 1 N–H and O–H groups in total. The van der Waals surface area contributed by atoms with Gasteiger partial charge in [-0.3, -0.25) is 0 Å². The quantitative estimate of drug-likeness (QED) is 0.907. The molecule has 100 valence electrons. The lowest BCUT2D eigenvalue weighted by molar-refractivity contribution is -0.135. The van der Waals surface area contributed by atoms with Crippen LogP contribution in [0.5, 0.6) is 0 Å². The molecule has 2 atom stereocenters. The van der Waals surface area contributed by atoms with Crippen molar-refractivity contribution in [3.8, 4) is 0 Å². The van der Waals surface area contributed by atoms with Crippen molar-refractivity contribution in [2.75, 3.05) is 6.61 Å². The van der Waals surface area contributed by atoms with E-state index in [2.05, 4.69) is 15.9 Å². The predicted molar refractivity (Wildman–Crippen MR) is 77.1 cm³/mol. The first kappa shape index (κ1) is 14.3. The van der Waals surface area contributed by atoms with Crippen molar-refractivity contribution in [1.29, 1.82) is 0 Å². The van der Waals surface area contributed by atoms with Crippen LogP contribution >= 0.6 is 27.5 Å². The van der Waals surface area contributed by atoms with Crippen LogP contribution in [0.1, 0.15) is 31.7 Å². The molecule has 0 aliphatic carbocycles. The van der Waals surface area contributed by atoms with Gasteiger partial charge in [-0.15, -0.1) is 0 Å². The lowest BCUT2D eigenvalue weighted by Gasteiger charge is -2.38. The number of ether oxygens (including phenoxy) is 1. The summed E-state index contributed by atoms with van der Waals surface area (Å²) >= 11 is 9.55. The Morgan fingerprint density at radius 3 is 2.89 bits per heavy atom. The normalized spacial score (nSPS) is 26.0. The van der Waals surface area contributed by atoms with E-state index in [1.54, 1.807) is 0 Å². The van der Waals surface area contributed by atoms with E-state index in [1.807, 2.05) is 25.1 Å². The van der Waals surface area contributed by atoms with Crippen LogP contribution in [0.3, 0.4) is 0 Å². The van der Waals surface area contributed by atoms with Crippen LogP contribution in [0.4, 0.5) is 0 Å². The zero-order chi connectivity index (χ0) is 13.2. The zero-order valence-electron chi connectivity index (χ0n) is 10.5. The van der Waals surface area contributed by atoms with E-state index >= 15 is 0 Å². The highest BCUT2D eigenvalue weighted by Crippen LogP contribution is 2.31. The molecule has 1 heterocycles. The number of rotatable bonds is 3. The fraction of sp³-hybridized carbons (Fsp3) is 0.571. The van der Waals surface area contributed by atoms with Crippen LogP contribution in [-0.4, -0.2) is 23.4 Å². The highest BCUT2D eigenvalue weighted by molar-refractivity contribution is 9.10. The molecule has 0 aromatic heterocycles. The zero-order valence-corrected chi connectivity index (χ0v) is 12.8. The summed E-state index contributed by atoms with van der Waals surface area (Å²) in [5.41, 5.74) is 0.525. The molecule has 0 bridgehead atoms. The van der Waals surface area contributed by atoms with Gasteiger partial charge in [0.05, 0.1) is 11.7 Å². The van der Waals surface area contributed by atoms with Gasteiger partial charge in [-0.05, 0) is 43.9 Å². The van der Waals surface area contributed by atoms with Crippen LogP contribution in [0, 0.1) is 0 Å².